The topological polar surface area (TPSA) is 75.6 Å². The van der Waals surface area contributed by atoms with Crippen molar-refractivity contribution in [3.8, 4) is 5.75 Å². The molecule has 110 valence electrons. The third kappa shape index (κ3) is 4.91. The summed E-state index contributed by atoms with van der Waals surface area (Å²) in [7, 11) is 0. The summed E-state index contributed by atoms with van der Waals surface area (Å²) in [6.07, 6.45) is -0.0980. The molecule has 0 aliphatic heterocycles. The molecule has 0 fully saturated rings. The highest BCUT2D eigenvalue weighted by atomic mass is 16.5. The fraction of sp³-hybridized carbons (Fsp3) is 0.467. The number of benzene rings is 1. The fourth-order valence-corrected chi connectivity index (χ4v) is 1.63. The molecule has 5 nitrogen and oxygen atoms in total. The van der Waals surface area contributed by atoms with Crippen LogP contribution < -0.4 is 10.1 Å². The van der Waals surface area contributed by atoms with E-state index in [4.69, 9.17) is 9.84 Å². The Labute approximate surface area is 118 Å². The third-order valence-electron chi connectivity index (χ3n) is 2.94. The van der Waals surface area contributed by atoms with Crippen LogP contribution in [0.5, 0.6) is 5.75 Å². The van der Waals surface area contributed by atoms with Gasteiger partial charge in [0.25, 0.3) is 5.91 Å². The van der Waals surface area contributed by atoms with Crippen molar-refractivity contribution in [3.05, 3.63) is 29.8 Å². The molecule has 2 unspecified atom stereocenters. The average molecular weight is 279 g/mol. The number of hydrogen-bond donors (Lipinski definition) is 2. The zero-order chi connectivity index (χ0) is 15.1. The number of carbonyl (C=O) groups excluding carboxylic acids is 1. The van der Waals surface area contributed by atoms with Crippen molar-refractivity contribution in [2.75, 3.05) is 6.54 Å². The van der Waals surface area contributed by atoms with Crippen molar-refractivity contribution < 1.29 is 19.4 Å². The standard InChI is InChI=1S/C15H21NO4/c1-4-13(14(17)16-9-11(3)15(18)19)20-12-7-5-6-10(2)8-12/h5-8,11,13H,4,9H2,1-3H3,(H,16,17)(H,18,19). The number of carboxylic acid groups (broad SMARTS) is 1. The van der Waals surface area contributed by atoms with E-state index < -0.39 is 18.0 Å². The highest BCUT2D eigenvalue weighted by molar-refractivity contribution is 5.81. The summed E-state index contributed by atoms with van der Waals surface area (Å²) in [4.78, 5) is 22.7. The second kappa shape index (κ2) is 7.53. The molecule has 2 atom stereocenters. The lowest BCUT2D eigenvalue weighted by atomic mass is 10.1. The predicted molar refractivity (Wildman–Crippen MR) is 75.7 cm³/mol. The molecule has 0 heterocycles. The lowest BCUT2D eigenvalue weighted by Crippen LogP contribution is -2.41. The largest absolute Gasteiger partial charge is 0.481 e. The van der Waals surface area contributed by atoms with E-state index in [1.165, 1.54) is 0 Å². The van der Waals surface area contributed by atoms with Crippen LogP contribution in [-0.2, 0) is 9.59 Å². The molecule has 0 aromatic heterocycles. The molecule has 2 N–H and O–H groups in total. The predicted octanol–water partition coefficient (Wildman–Crippen LogP) is 1.99. The quantitative estimate of drug-likeness (QED) is 0.800. The van der Waals surface area contributed by atoms with E-state index in [9.17, 15) is 9.59 Å². The summed E-state index contributed by atoms with van der Waals surface area (Å²) < 4.78 is 5.64. The van der Waals surface area contributed by atoms with E-state index in [0.717, 1.165) is 5.56 Å². The van der Waals surface area contributed by atoms with E-state index in [1.54, 1.807) is 13.0 Å². The van der Waals surface area contributed by atoms with E-state index in [2.05, 4.69) is 5.32 Å². The van der Waals surface area contributed by atoms with Gasteiger partial charge in [0, 0.05) is 6.54 Å². The molecule has 0 saturated carbocycles. The van der Waals surface area contributed by atoms with Gasteiger partial charge in [-0.2, -0.15) is 0 Å². The maximum Gasteiger partial charge on any atom is 0.308 e. The normalized spacial score (nSPS) is 13.3. The Morgan fingerprint density at radius 3 is 2.65 bits per heavy atom. The molecule has 1 rings (SSSR count). The molecule has 0 aliphatic carbocycles. The van der Waals surface area contributed by atoms with Gasteiger partial charge in [-0.15, -0.1) is 0 Å². The van der Waals surface area contributed by atoms with Crippen LogP contribution >= 0.6 is 0 Å². The Balaban J connectivity index is 2.57. The molecule has 1 amide bonds. The van der Waals surface area contributed by atoms with Crippen LogP contribution in [0.25, 0.3) is 0 Å². The van der Waals surface area contributed by atoms with Crippen LogP contribution in [0.1, 0.15) is 25.8 Å². The lowest BCUT2D eigenvalue weighted by Gasteiger charge is -2.18. The fourth-order valence-electron chi connectivity index (χ4n) is 1.63. The smallest absolute Gasteiger partial charge is 0.308 e. The number of aryl methyl sites for hydroxylation is 1. The highest BCUT2D eigenvalue weighted by Gasteiger charge is 2.20. The minimum absolute atomic E-state index is 0.0991. The molecule has 0 aliphatic rings. The number of hydrogen-bond acceptors (Lipinski definition) is 3. The van der Waals surface area contributed by atoms with Crippen molar-refractivity contribution >= 4 is 11.9 Å². The number of carboxylic acids is 1. The number of amides is 1. The third-order valence-corrected chi connectivity index (χ3v) is 2.94. The molecule has 20 heavy (non-hydrogen) atoms. The summed E-state index contributed by atoms with van der Waals surface area (Å²) in [5, 5.41) is 11.4. The van der Waals surface area contributed by atoms with Crippen LogP contribution in [0.2, 0.25) is 0 Å². The Hall–Kier alpha value is -2.04. The minimum atomic E-state index is -0.932. The van der Waals surface area contributed by atoms with Gasteiger partial charge in [-0.1, -0.05) is 26.0 Å². The monoisotopic (exact) mass is 279 g/mol. The van der Waals surface area contributed by atoms with Gasteiger partial charge in [-0.3, -0.25) is 9.59 Å². The molecular formula is C15H21NO4. The number of ether oxygens (including phenoxy) is 1. The molecular weight excluding hydrogens is 258 g/mol. The first-order valence-electron chi connectivity index (χ1n) is 6.67. The molecule has 0 spiro atoms. The van der Waals surface area contributed by atoms with Crippen LogP contribution in [-0.4, -0.2) is 29.6 Å². The number of nitrogens with one attached hydrogen (secondary N) is 1. The first kappa shape index (κ1) is 16.0. The SMILES string of the molecule is CCC(Oc1cccc(C)c1)C(=O)NCC(C)C(=O)O. The van der Waals surface area contributed by atoms with E-state index >= 15 is 0 Å². The van der Waals surface area contributed by atoms with Gasteiger partial charge in [-0.05, 0) is 31.0 Å². The van der Waals surface area contributed by atoms with E-state index in [1.807, 2.05) is 32.0 Å². The van der Waals surface area contributed by atoms with Crippen LogP contribution in [0.3, 0.4) is 0 Å². The summed E-state index contributed by atoms with van der Waals surface area (Å²) in [5.41, 5.74) is 1.05. The molecule has 5 heteroatoms. The molecule has 0 saturated heterocycles. The Morgan fingerprint density at radius 2 is 2.10 bits per heavy atom. The van der Waals surface area contributed by atoms with Crippen molar-refractivity contribution in [2.24, 2.45) is 5.92 Å². The van der Waals surface area contributed by atoms with Crippen LogP contribution in [0.15, 0.2) is 24.3 Å². The molecule has 1 aromatic rings. The van der Waals surface area contributed by atoms with Crippen molar-refractivity contribution in [3.63, 3.8) is 0 Å². The van der Waals surface area contributed by atoms with Gasteiger partial charge in [-0.25, -0.2) is 0 Å². The van der Waals surface area contributed by atoms with E-state index in [-0.39, 0.29) is 12.5 Å². The van der Waals surface area contributed by atoms with Crippen LogP contribution in [0.4, 0.5) is 0 Å². The maximum absolute atomic E-state index is 12.0. The first-order valence-corrected chi connectivity index (χ1v) is 6.67. The Morgan fingerprint density at radius 1 is 1.40 bits per heavy atom. The van der Waals surface area contributed by atoms with Gasteiger partial charge in [0.2, 0.25) is 0 Å². The van der Waals surface area contributed by atoms with Crippen molar-refractivity contribution in [2.45, 2.75) is 33.3 Å². The van der Waals surface area contributed by atoms with Gasteiger partial charge >= 0.3 is 5.97 Å². The first-order chi connectivity index (χ1) is 9.43. The number of carbonyl (C=O) groups is 2. The lowest BCUT2D eigenvalue weighted by molar-refractivity contribution is -0.141. The summed E-state index contributed by atoms with van der Waals surface area (Å²) in [6, 6.07) is 7.46. The van der Waals surface area contributed by atoms with Gasteiger partial charge in [0.05, 0.1) is 5.92 Å². The minimum Gasteiger partial charge on any atom is -0.481 e. The molecule has 0 radical (unpaired) electrons. The number of aliphatic carboxylic acids is 1. The van der Waals surface area contributed by atoms with Gasteiger partial charge < -0.3 is 15.2 Å². The van der Waals surface area contributed by atoms with E-state index in [0.29, 0.717) is 12.2 Å². The Kier molecular flexibility index (Phi) is 6.03. The maximum atomic E-state index is 12.0. The second-order valence-electron chi connectivity index (χ2n) is 4.82. The number of rotatable bonds is 7. The molecule has 0 bridgehead atoms. The van der Waals surface area contributed by atoms with Gasteiger partial charge in [0.15, 0.2) is 6.10 Å². The summed E-state index contributed by atoms with van der Waals surface area (Å²) in [6.45, 7) is 5.44. The Bertz CT molecular complexity index is 473. The second-order valence-corrected chi connectivity index (χ2v) is 4.82. The highest BCUT2D eigenvalue weighted by Crippen LogP contribution is 2.15. The zero-order valence-corrected chi connectivity index (χ0v) is 12.1. The average Bonchev–Trinajstić information content (AvgIpc) is 2.41. The van der Waals surface area contributed by atoms with Crippen LogP contribution in [0, 0.1) is 12.8 Å². The molecule has 1 aromatic carbocycles. The zero-order valence-electron chi connectivity index (χ0n) is 12.1. The summed E-state index contributed by atoms with van der Waals surface area (Å²) >= 11 is 0. The van der Waals surface area contributed by atoms with Gasteiger partial charge in [0.1, 0.15) is 5.75 Å². The van der Waals surface area contributed by atoms with Crippen molar-refractivity contribution in [1.82, 2.24) is 5.32 Å². The summed E-state index contributed by atoms with van der Waals surface area (Å²) in [5.74, 6) is -1.20. The van der Waals surface area contributed by atoms with Crippen molar-refractivity contribution in [1.29, 1.82) is 0 Å².